The molecule has 0 aliphatic carbocycles. The minimum Gasteiger partial charge on any atom is -0.496 e. The minimum atomic E-state index is -1.02. The monoisotopic (exact) mass is 405 g/mol. The molecule has 0 spiro atoms. The van der Waals surface area contributed by atoms with Crippen LogP contribution in [0.4, 0.5) is 0 Å². The van der Waals surface area contributed by atoms with Gasteiger partial charge in [0, 0.05) is 22.0 Å². The summed E-state index contributed by atoms with van der Waals surface area (Å²) in [6, 6.07) is 4.79. The van der Waals surface area contributed by atoms with Crippen LogP contribution in [0.3, 0.4) is 0 Å². The number of carboxylic acid groups (broad SMARTS) is 2. The molecule has 0 radical (unpaired) electrons. The quantitative estimate of drug-likeness (QED) is 0.644. The van der Waals surface area contributed by atoms with E-state index in [1.807, 2.05) is 18.2 Å². The van der Waals surface area contributed by atoms with Gasteiger partial charge in [-0.05, 0) is 46.4 Å². The highest BCUT2D eigenvalue weighted by atomic mass is 127. The SMILES string of the molecule is COc1ccc(I)cc1[C@H]1CN[C@H](C(=O)O)[C@H]1CC(=O)O. The molecule has 0 unspecified atom stereocenters. The van der Waals surface area contributed by atoms with Gasteiger partial charge in [0.25, 0.3) is 0 Å². The number of hydrogen-bond acceptors (Lipinski definition) is 4. The van der Waals surface area contributed by atoms with Gasteiger partial charge < -0.3 is 20.3 Å². The summed E-state index contributed by atoms with van der Waals surface area (Å²) >= 11 is 2.17. The van der Waals surface area contributed by atoms with Crippen molar-refractivity contribution in [2.45, 2.75) is 18.4 Å². The standard InChI is InChI=1S/C14H16INO5/c1-21-11-3-2-7(15)4-8(11)10-6-16-13(14(19)20)9(10)5-12(17)18/h2-4,9-10,13,16H,5-6H2,1H3,(H,17,18)(H,19,20)/t9-,10+,13-/m0/s1. The Hall–Kier alpha value is -1.35. The van der Waals surface area contributed by atoms with Crippen LogP contribution in [-0.4, -0.2) is 41.8 Å². The van der Waals surface area contributed by atoms with Crippen LogP contribution in [0.25, 0.3) is 0 Å². The number of methoxy groups -OCH3 is 1. The molecule has 3 atom stereocenters. The molecule has 114 valence electrons. The zero-order chi connectivity index (χ0) is 15.6. The minimum absolute atomic E-state index is 0.191. The van der Waals surface area contributed by atoms with Crippen LogP contribution in [0, 0.1) is 9.49 Å². The highest BCUT2D eigenvalue weighted by Crippen LogP contribution is 2.39. The van der Waals surface area contributed by atoms with E-state index in [1.165, 1.54) is 0 Å². The molecule has 1 aromatic carbocycles. The fourth-order valence-electron chi connectivity index (χ4n) is 2.86. The lowest BCUT2D eigenvalue weighted by molar-refractivity contribution is -0.142. The van der Waals surface area contributed by atoms with Gasteiger partial charge >= 0.3 is 11.9 Å². The third-order valence-electron chi connectivity index (χ3n) is 3.77. The van der Waals surface area contributed by atoms with Crippen molar-refractivity contribution in [2.24, 2.45) is 5.92 Å². The summed E-state index contributed by atoms with van der Waals surface area (Å²) < 4.78 is 6.33. The van der Waals surface area contributed by atoms with E-state index in [9.17, 15) is 14.7 Å². The summed E-state index contributed by atoms with van der Waals surface area (Å²) in [6.45, 7) is 0.422. The predicted molar refractivity (Wildman–Crippen MR) is 83.6 cm³/mol. The van der Waals surface area contributed by atoms with E-state index >= 15 is 0 Å². The van der Waals surface area contributed by atoms with Crippen molar-refractivity contribution < 1.29 is 24.5 Å². The maximum absolute atomic E-state index is 11.3. The third kappa shape index (κ3) is 3.46. The smallest absolute Gasteiger partial charge is 0.321 e. The number of rotatable bonds is 5. The first-order valence-electron chi connectivity index (χ1n) is 6.45. The molecule has 3 N–H and O–H groups in total. The van der Waals surface area contributed by atoms with Crippen LogP contribution < -0.4 is 10.1 Å². The van der Waals surface area contributed by atoms with Crippen molar-refractivity contribution in [1.82, 2.24) is 5.32 Å². The van der Waals surface area contributed by atoms with E-state index in [-0.39, 0.29) is 12.3 Å². The van der Waals surface area contributed by atoms with Crippen molar-refractivity contribution in [3.05, 3.63) is 27.3 Å². The second-order valence-corrected chi connectivity index (χ2v) is 6.22. The Bertz CT molecular complexity index is 562. The van der Waals surface area contributed by atoms with E-state index in [0.717, 1.165) is 9.13 Å². The first-order valence-corrected chi connectivity index (χ1v) is 7.53. The van der Waals surface area contributed by atoms with Gasteiger partial charge in [-0.15, -0.1) is 0 Å². The van der Waals surface area contributed by atoms with Gasteiger partial charge in [-0.25, -0.2) is 0 Å². The van der Waals surface area contributed by atoms with Gasteiger partial charge in [0.15, 0.2) is 0 Å². The molecular formula is C14H16INO5. The number of hydrogen-bond donors (Lipinski definition) is 3. The van der Waals surface area contributed by atoms with Crippen LogP contribution in [0.2, 0.25) is 0 Å². The molecule has 1 saturated heterocycles. The molecule has 0 aromatic heterocycles. The average molecular weight is 405 g/mol. The van der Waals surface area contributed by atoms with Crippen LogP contribution in [0.5, 0.6) is 5.75 Å². The molecule has 2 rings (SSSR count). The maximum Gasteiger partial charge on any atom is 0.321 e. The molecular weight excluding hydrogens is 389 g/mol. The number of carboxylic acids is 2. The lowest BCUT2D eigenvalue weighted by atomic mass is 9.82. The number of halogens is 1. The summed E-state index contributed by atoms with van der Waals surface area (Å²) in [5.41, 5.74) is 0.854. The van der Waals surface area contributed by atoms with Crippen LogP contribution >= 0.6 is 22.6 Å². The molecule has 6 nitrogen and oxygen atoms in total. The van der Waals surface area contributed by atoms with Crippen LogP contribution in [-0.2, 0) is 9.59 Å². The zero-order valence-corrected chi connectivity index (χ0v) is 13.5. The van der Waals surface area contributed by atoms with E-state index < -0.39 is 23.9 Å². The van der Waals surface area contributed by atoms with Gasteiger partial charge in [-0.2, -0.15) is 0 Å². The molecule has 1 aromatic rings. The Kier molecular flexibility index (Phi) is 5.04. The maximum atomic E-state index is 11.3. The Morgan fingerprint density at radius 1 is 1.43 bits per heavy atom. The van der Waals surface area contributed by atoms with Gasteiger partial charge in [-0.3, -0.25) is 9.59 Å². The summed E-state index contributed by atoms with van der Waals surface area (Å²) in [5, 5.41) is 21.2. The highest BCUT2D eigenvalue weighted by Gasteiger charge is 2.42. The fraction of sp³-hybridized carbons (Fsp3) is 0.429. The molecule has 0 amide bonds. The summed E-state index contributed by atoms with van der Waals surface area (Å²) in [6.07, 6.45) is -0.191. The summed E-state index contributed by atoms with van der Waals surface area (Å²) in [5.74, 6) is -2.07. The van der Waals surface area contributed by atoms with Crippen LogP contribution in [0.1, 0.15) is 17.9 Å². The Morgan fingerprint density at radius 3 is 2.71 bits per heavy atom. The molecule has 1 aliphatic rings. The predicted octanol–water partition coefficient (Wildman–Crippen LogP) is 1.53. The fourth-order valence-corrected chi connectivity index (χ4v) is 3.37. The molecule has 7 heteroatoms. The topological polar surface area (TPSA) is 95.9 Å². The van der Waals surface area contributed by atoms with E-state index in [2.05, 4.69) is 27.9 Å². The first-order chi connectivity index (χ1) is 9.93. The number of aliphatic carboxylic acids is 2. The number of carbonyl (C=O) groups is 2. The Balaban J connectivity index is 2.39. The van der Waals surface area contributed by atoms with Crippen molar-refractivity contribution in [2.75, 3.05) is 13.7 Å². The second-order valence-electron chi connectivity index (χ2n) is 4.98. The molecule has 0 bridgehead atoms. The first kappa shape index (κ1) is 16.0. The average Bonchev–Trinajstić information content (AvgIpc) is 2.81. The lowest BCUT2D eigenvalue weighted by Crippen LogP contribution is -2.36. The normalized spacial score (nSPS) is 24.8. The van der Waals surface area contributed by atoms with Gasteiger partial charge in [0.05, 0.1) is 13.5 Å². The molecule has 1 fully saturated rings. The number of nitrogens with one attached hydrogen (secondary N) is 1. The van der Waals surface area contributed by atoms with E-state index in [1.54, 1.807) is 7.11 Å². The molecule has 0 saturated carbocycles. The highest BCUT2D eigenvalue weighted by molar-refractivity contribution is 14.1. The Labute approximate surface area is 135 Å². The van der Waals surface area contributed by atoms with Crippen molar-refractivity contribution in [3.63, 3.8) is 0 Å². The summed E-state index contributed by atoms with van der Waals surface area (Å²) in [4.78, 5) is 22.4. The van der Waals surface area contributed by atoms with Gasteiger partial charge in [0.2, 0.25) is 0 Å². The molecule has 1 heterocycles. The van der Waals surface area contributed by atoms with E-state index in [4.69, 9.17) is 9.84 Å². The number of benzene rings is 1. The van der Waals surface area contributed by atoms with Gasteiger partial charge in [-0.1, -0.05) is 0 Å². The van der Waals surface area contributed by atoms with Crippen molar-refractivity contribution >= 4 is 34.5 Å². The zero-order valence-electron chi connectivity index (χ0n) is 11.4. The Morgan fingerprint density at radius 2 is 2.14 bits per heavy atom. The van der Waals surface area contributed by atoms with E-state index in [0.29, 0.717) is 12.3 Å². The number of ether oxygens (including phenoxy) is 1. The third-order valence-corrected chi connectivity index (χ3v) is 4.44. The van der Waals surface area contributed by atoms with Crippen molar-refractivity contribution in [3.8, 4) is 5.75 Å². The molecule has 21 heavy (non-hydrogen) atoms. The largest absolute Gasteiger partial charge is 0.496 e. The van der Waals surface area contributed by atoms with Crippen LogP contribution in [0.15, 0.2) is 18.2 Å². The molecule has 1 aliphatic heterocycles. The lowest BCUT2D eigenvalue weighted by Gasteiger charge is -2.22. The summed E-state index contributed by atoms with van der Waals surface area (Å²) in [7, 11) is 1.55. The van der Waals surface area contributed by atoms with Gasteiger partial charge in [0.1, 0.15) is 11.8 Å². The second kappa shape index (κ2) is 6.61. The van der Waals surface area contributed by atoms with Crippen molar-refractivity contribution in [1.29, 1.82) is 0 Å².